The minimum atomic E-state index is -3.01. The SMILES string of the molecule is CCOC(=O)Cc1cc(OC(F)F)c(S)cc1C#N. The Hall–Kier alpha value is -1.81. The zero-order valence-electron chi connectivity index (χ0n) is 10.0. The number of hydrogen-bond donors (Lipinski definition) is 1. The maximum absolute atomic E-state index is 12.2. The first-order valence-corrected chi connectivity index (χ1v) is 5.79. The Balaban J connectivity index is 3.07. The first-order valence-electron chi connectivity index (χ1n) is 5.34. The van der Waals surface area contributed by atoms with E-state index in [2.05, 4.69) is 17.4 Å². The van der Waals surface area contributed by atoms with Gasteiger partial charge in [-0.05, 0) is 24.6 Å². The van der Waals surface area contributed by atoms with Gasteiger partial charge in [-0.1, -0.05) is 0 Å². The number of halogens is 2. The third-order valence-electron chi connectivity index (χ3n) is 2.16. The number of rotatable bonds is 5. The van der Waals surface area contributed by atoms with Crippen LogP contribution in [0.25, 0.3) is 0 Å². The molecule has 1 rings (SSSR count). The fraction of sp³-hybridized carbons (Fsp3) is 0.333. The van der Waals surface area contributed by atoms with Crippen LogP contribution in [0.3, 0.4) is 0 Å². The topological polar surface area (TPSA) is 59.3 Å². The molecule has 1 aromatic rings. The van der Waals surface area contributed by atoms with E-state index >= 15 is 0 Å². The van der Waals surface area contributed by atoms with Gasteiger partial charge < -0.3 is 9.47 Å². The standard InChI is InChI=1S/C12H11F2NO3S/c1-2-17-11(16)5-7-3-9(18-12(13)14)10(19)4-8(7)6-15/h3-4,12,19H,2,5H2,1H3. The van der Waals surface area contributed by atoms with Gasteiger partial charge in [0.2, 0.25) is 0 Å². The summed E-state index contributed by atoms with van der Waals surface area (Å²) in [5.74, 6) is -0.731. The van der Waals surface area contributed by atoms with Crippen molar-refractivity contribution in [3.8, 4) is 11.8 Å². The number of hydrogen-bond acceptors (Lipinski definition) is 5. The van der Waals surface area contributed by atoms with Gasteiger partial charge >= 0.3 is 12.6 Å². The highest BCUT2D eigenvalue weighted by molar-refractivity contribution is 7.80. The highest BCUT2D eigenvalue weighted by Gasteiger charge is 2.15. The van der Waals surface area contributed by atoms with E-state index in [9.17, 15) is 13.6 Å². The summed E-state index contributed by atoms with van der Waals surface area (Å²) in [4.78, 5) is 11.5. The lowest BCUT2D eigenvalue weighted by Gasteiger charge is -2.11. The van der Waals surface area contributed by atoms with Gasteiger partial charge in [0.15, 0.2) is 0 Å². The number of esters is 1. The molecule has 0 aliphatic rings. The van der Waals surface area contributed by atoms with E-state index in [0.717, 1.165) is 0 Å². The van der Waals surface area contributed by atoms with Crippen molar-refractivity contribution in [3.63, 3.8) is 0 Å². The van der Waals surface area contributed by atoms with E-state index in [1.54, 1.807) is 6.92 Å². The normalized spacial score (nSPS) is 10.1. The molecule has 0 aliphatic carbocycles. The fourth-order valence-corrected chi connectivity index (χ4v) is 1.67. The van der Waals surface area contributed by atoms with Crippen LogP contribution in [0.1, 0.15) is 18.1 Å². The van der Waals surface area contributed by atoms with Gasteiger partial charge in [0.05, 0.1) is 24.7 Å². The molecule has 0 bridgehead atoms. The Morgan fingerprint density at radius 2 is 2.21 bits per heavy atom. The second kappa shape index (κ2) is 6.95. The number of carbonyl (C=O) groups is 1. The third kappa shape index (κ3) is 4.41. The molecule has 0 spiro atoms. The zero-order valence-corrected chi connectivity index (χ0v) is 10.9. The van der Waals surface area contributed by atoms with Gasteiger partial charge in [-0.25, -0.2) is 0 Å². The molecule has 102 valence electrons. The van der Waals surface area contributed by atoms with Crippen molar-refractivity contribution in [3.05, 3.63) is 23.3 Å². The van der Waals surface area contributed by atoms with E-state index < -0.39 is 12.6 Å². The van der Waals surface area contributed by atoms with Crippen molar-refractivity contribution in [2.75, 3.05) is 6.61 Å². The van der Waals surface area contributed by atoms with Crippen molar-refractivity contribution >= 4 is 18.6 Å². The Morgan fingerprint density at radius 1 is 1.53 bits per heavy atom. The molecule has 0 saturated carbocycles. The second-order valence-electron chi connectivity index (χ2n) is 3.45. The van der Waals surface area contributed by atoms with Crippen molar-refractivity contribution in [1.82, 2.24) is 0 Å². The van der Waals surface area contributed by atoms with E-state index in [1.807, 2.05) is 6.07 Å². The molecule has 4 nitrogen and oxygen atoms in total. The van der Waals surface area contributed by atoms with Crippen LogP contribution in [0, 0.1) is 11.3 Å². The summed E-state index contributed by atoms with van der Waals surface area (Å²) in [7, 11) is 0. The van der Waals surface area contributed by atoms with Crippen LogP contribution in [0.15, 0.2) is 17.0 Å². The maximum Gasteiger partial charge on any atom is 0.387 e. The number of ether oxygens (including phenoxy) is 2. The second-order valence-corrected chi connectivity index (χ2v) is 3.93. The lowest BCUT2D eigenvalue weighted by molar-refractivity contribution is -0.142. The molecule has 0 N–H and O–H groups in total. The van der Waals surface area contributed by atoms with Crippen LogP contribution in [-0.4, -0.2) is 19.2 Å². The molecule has 0 amide bonds. The Bertz CT molecular complexity index is 514. The van der Waals surface area contributed by atoms with Gasteiger partial charge in [0.1, 0.15) is 5.75 Å². The molecule has 0 aromatic heterocycles. The number of nitriles is 1. The van der Waals surface area contributed by atoms with Crippen molar-refractivity contribution in [1.29, 1.82) is 5.26 Å². The smallest absolute Gasteiger partial charge is 0.387 e. The van der Waals surface area contributed by atoms with Crippen LogP contribution >= 0.6 is 12.6 Å². The van der Waals surface area contributed by atoms with Gasteiger partial charge in [-0.2, -0.15) is 14.0 Å². The molecule has 0 fully saturated rings. The number of alkyl halides is 2. The quantitative estimate of drug-likeness (QED) is 0.668. The fourth-order valence-electron chi connectivity index (χ4n) is 1.42. The number of nitrogens with zero attached hydrogens (tertiary/aromatic N) is 1. The Morgan fingerprint density at radius 3 is 2.74 bits per heavy atom. The molecule has 0 aliphatic heterocycles. The molecular weight excluding hydrogens is 276 g/mol. The molecule has 0 radical (unpaired) electrons. The monoisotopic (exact) mass is 287 g/mol. The number of thiol groups is 1. The Labute approximate surface area is 114 Å². The van der Waals surface area contributed by atoms with Crippen LogP contribution in [0.4, 0.5) is 8.78 Å². The lowest BCUT2D eigenvalue weighted by Crippen LogP contribution is -2.10. The summed E-state index contributed by atoms with van der Waals surface area (Å²) in [5, 5.41) is 8.93. The molecule has 0 heterocycles. The Kier molecular flexibility index (Phi) is 5.57. The summed E-state index contributed by atoms with van der Waals surface area (Å²) in [6.45, 7) is -1.16. The summed E-state index contributed by atoms with van der Waals surface area (Å²) < 4.78 is 33.4. The lowest BCUT2D eigenvalue weighted by atomic mass is 10.1. The predicted octanol–water partition coefficient (Wildman–Crippen LogP) is 2.55. The van der Waals surface area contributed by atoms with E-state index in [-0.39, 0.29) is 34.8 Å². The van der Waals surface area contributed by atoms with E-state index in [4.69, 9.17) is 10.00 Å². The van der Waals surface area contributed by atoms with Gasteiger partial charge in [-0.15, -0.1) is 12.6 Å². The molecule has 19 heavy (non-hydrogen) atoms. The average Bonchev–Trinajstić information content (AvgIpc) is 2.32. The molecular formula is C12H11F2NO3S. The molecule has 0 unspecified atom stereocenters. The molecule has 1 aromatic carbocycles. The number of carbonyl (C=O) groups excluding carboxylic acids is 1. The maximum atomic E-state index is 12.2. The highest BCUT2D eigenvalue weighted by Crippen LogP contribution is 2.28. The largest absolute Gasteiger partial charge is 0.466 e. The van der Waals surface area contributed by atoms with Crippen molar-refractivity contribution < 1.29 is 23.0 Å². The predicted molar refractivity (Wildman–Crippen MR) is 65.4 cm³/mol. The van der Waals surface area contributed by atoms with Crippen LogP contribution in [-0.2, 0) is 16.0 Å². The minimum absolute atomic E-state index is 0.101. The van der Waals surface area contributed by atoms with Crippen molar-refractivity contribution in [2.24, 2.45) is 0 Å². The van der Waals surface area contributed by atoms with Gasteiger partial charge in [-0.3, -0.25) is 4.79 Å². The number of benzene rings is 1. The first-order chi connectivity index (χ1) is 8.97. The van der Waals surface area contributed by atoms with Crippen LogP contribution in [0.2, 0.25) is 0 Å². The van der Waals surface area contributed by atoms with E-state index in [1.165, 1.54) is 12.1 Å². The summed E-state index contributed by atoms with van der Waals surface area (Å²) in [5.41, 5.74) is 0.425. The van der Waals surface area contributed by atoms with E-state index in [0.29, 0.717) is 0 Å². The molecule has 0 atom stereocenters. The summed E-state index contributed by atoms with van der Waals surface area (Å²) in [6, 6.07) is 4.34. The third-order valence-corrected chi connectivity index (χ3v) is 2.51. The first kappa shape index (κ1) is 15.2. The minimum Gasteiger partial charge on any atom is -0.466 e. The molecule has 7 heteroatoms. The van der Waals surface area contributed by atoms with Crippen LogP contribution in [0.5, 0.6) is 5.75 Å². The summed E-state index contributed by atoms with van der Waals surface area (Å²) >= 11 is 3.95. The van der Waals surface area contributed by atoms with Crippen LogP contribution < -0.4 is 4.74 Å². The highest BCUT2D eigenvalue weighted by atomic mass is 32.1. The molecule has 0 saturated heterocycles. The zero-order chi connectivity index (χ0) is 14.4. The van der Waals surface area contributed by atoms with Crippen molar-refractivity contribution in [2.45, 2.75) is 24.9 Å². The summed E-state index contributed by atoms with van der Waals surface area (Å²) in [6.07, 6.45) is -0.190. The van der Waals surface area contributed by atoms with Gasteiger partial charge in [0.25, 0.3) is 0 Å². The van der Waals surface area contributed by atoms with Gasteiger partial charge in [0, 0.05) is 4.90 Å². The average molecular weight is 287 g/mol.